The Morgan fingerprint density at radius 2 is 1.76 bits per heavy atom. The molecule has 0 amide bonds. The van der Waals surface area contributed by atoms with Gasteiger partial charge in [-0.1, -0.05) is 13.8 Å². The lowest BCUT2D eigenvalue weighted by Gasteiger charge is -2.61. The van der Waals surface area contributed by atoms with E-state index in [0.29, 0.717) is 17.6 Å². The Balaban J connectivity index is 1.56. The van der Waals surface area contributed by atoms with Crippen LogP contribution in [0.4, 0.5) is 0 Å². The number of aliphatic hydroxyl groups excluding tert-OH is 1. The van der Waals surface area contributed by atoms with Gasteiger partial charge in [0.1, 0.15) is 12.0 Å². The first-order valence-electron chi connectivity index (χ1n) is 12.1. The number of ketones is 1. The zero-order valence-corrected chi connectivity index (χ0v) is 19.5. The molecule has 0 aromatic rings. The van der Waals surface area contributed by atoms with Crippen molar-refractivity contribution in [2.45, 2.75) is 97.5 Å². The van der Waals surface area contributed by atoms with Crippen LogP contribution in [0.25, 0.3) is 0 Å². The minimum absolute atomic E-state index is 0.0231. The van der Waals surface area contributed by atoms with Crippen LogP contribution >= 0.6 is 0 Å². The third kappa shape index (κ3) is 3.42. The summed E-state index contributed by atoms with van der Waals surface area (Å²) in [5.74, 6) is 3.49. The number of carbonyl (C=O) groups excluding carboxylic acids is 1. The van der Waals surface area contributed by atoms with E-state index in [-0.39, 0.29) is 35.2 Å². The van der Waals surface area contributed by atoms with Crippen molar-refractivity contribution in [3.8, 4) is 0 Å². The maximum atomic E-state index is 12.3. The highest BCUT2D eigenvalue weighted by molar-refractivity contribution is 5.79. The van der Waals surface area contributed by atoms with Crippen molar-refractivity contribution in [1.29, 1.82) is 0 Å². The first-order valence-corrected chi connectivity index (χ1v) is 12.1. The quantitative estimate of drug-likeness (QED) is 0.700. The van der Waals surface area contributed by atoms with Crippen molar-refractivity contribution in [2.24, 2.45) is 40.4 Å². The number of ether oxygens (including phenoxy) is 1. The molecule has 4 fully saturated rings. The van der Waals surface area contributed by atoms with Gasteiger partial charge in [-0.2, -0.15) is 0 Å². The number of hydrogen-bond donors (Lipinski definition) is 1. The molecule has 0 radical (unpaired) electrons. The Hall–Kier alpha value is -0.450. The first-order chi connectivity index (χ1) is 13.6. The molecule has 4 heteroatoms. The van der Waals surface area contributed by atoms with Crippen LogP contribution in [0, 0.1) is 40.4 Å². The molecule has 4 aliphatic rings. The van der Waals surface area contributed by atoms with E-state index in [1.54, 1.807) is 0 Å². The number of fused-ring (bicyclic) bond motifs is 5. The first kappa shape index (κ1) is 21.8. The monoisotopic (exact) mass is 405 g/mol. The lowest BCUT2D eigenvalue weighted by molar-refractivity contribution is -0.195. The van der Waals surface area contributed by atoms with Crippen LogP contribution in [0.5, 0.6) is 0 Å². The Kier molecular flexibility index (Phi) is 5.71. The van der Waals surface area contributed by atoms with E-state index < -0.39 is 0 Å². The number of nitrogens with zero attached hydrogens (tertiary/aromatic N) is 1. The van der Waals surface area contributed by atoms with Crippen molar-refractivity contribution >= 4 is 5.78 Å². The average molecular weight is 406 g/mol. The Labute approximate surface area is 177 Å². The summed E-state index contributed by atoms with van der Waals surface area (Å²) in [5.41, 5.74) is 0.480. The topological polar surface area (TPSA) is 49.8 Å². The molecule has 1 unspecified atom stereocenters. The fourth-order valence-corrected chi connectivity index (χ4v) is 8.43. The van der Waals surface area contributed by atoms with Crippen molar-refractivity contribution in [3.05, 3.63) is 0 Å². The van der Waals surface area contributed by atoms with Gasteiger partial charge in [0.25, 0.3) is 0 Å². The molecule has 4 saturated carbocycles. The summed E-state index contributed by atoms with van der Waals surface area (Å²) in [7, 11) is 4.07. The van der Waals surface area contributed by atoms with Gasteiger partial charge in [0, 0.05) is 5.92 Å². The molecule has 166 valence electrons. The predicted molar refractivity (Wildman–Crippen MR) is 115 cm³/mol. The van der Waals surface area contributed by atoms with Crippen molar-refractivity contribution < 1.29 is 14.6 Å². The van der Waals surface area contributed by atoms with E-state index in [1.165, 1.54) is 32.1 Å². The lowest BCUT2D eigenvalue weighted by atomic mass is 9.44. The lowest BCUT2D eigenvalue weighted by Crippen LogP contribution is -2.57. The van der Waals surface area contributed by atoms with Crippen LogP contribution in [-0.2, 0) is 9.53 Å². The number of carbonyl (C=O) groups is 1. The predicted octanol–water partition coefficient (Wildman–Crippen LogP) is 4.50. The van der Waals surface area contributed by atoms with Gasteiger partial charge < -0.3 is 9.84 Å². The number of rotatable bonds is 4. The summed E-state index contributed by atoms with van der Waals surface area (Å²) in [6.45, 7) is 8.84. The third-order valence-corrected chi connectivity index (χ3v) is 10.3. The van der Waals surface area contributed by atoms with Crippen molar-refractivity contribution in [2.75, 3.05) is 14.1 Å². The van der Waals surface area contributed by atoms with E-state index >= 15 is 0 Å². The van der Waals surface area contributed by atoms with Crippen LogP contribution in [0.15, 0.2) is 0 Å². The van der Waals surface area contributed by atoms with E-state index in [4.69, 9.17) is 4.74 Å². The van der Waals surface area contributed by atoms with E-state index in [0.717, 1.165) is 31.1 Å². The Bertz CT molecular complexity index is 636. The molecule has 29 heavy (non-hydrogen) atoms. The van der Waals surface area contributed by atoms with E-state index in [1.807, 2.05) is 21.0 Å². The van der Waals surface area contributed by atoms with Crippen LogP contribution < -0.4 is 0 Å². The van der Waals surface area contributed by atoms with Gasteiger partial charge in [-0.15, -0.1) is 0 Å². The molecule has 0 aromatic carbocycles. The molecule has 0 bridgehead atoms. The van der Waals surface area contributed by atoms with Crippen LogP contribution in [0.3, 0.4) is 0 Å². The fourth-order valence-electron chi connectivity index (χ4n) is 8.43. The van der Waals surface area contributed by atoms with E-state index in [2.05, 4.69) is 25.7 Å². The van der Waals surface area contributed by atoms with Crippen LogP contribution in [0.2, 0.25) is 0 Å². The SMILES string of the molecule is CC(=O)[C@H]1CC[C@H]2[C@@H]3CC[C@H]4C[C@H](O)[C@@H](OC(C)N(C)C)C[C@]4(C)[C@H]3CC[C@]12C. The summed E-state index contributed by atoms with van der Waals surface area (Å²) in [6, 6.07) is 0. The largest absolute Gasteiger partial charge is 0.390 e. The highest BCUT2D eigenvalue weighted by atomic mass is 16.5. The summed E-state index contributed by atoms with van der Waals surface area (Å²) in [6.07, 6.45) is 8.82. The second-order valence-corrected chi connectivity index (χ2v) is 11.7. The maximum Gasteiger partial charge on any atom is 0.133 e. The Morgan fingerprint density at radius 3 is 2.41 bits per heavy atom. The van der Waals surface area contributed by atoms with Gasteiger partial charge in [0.2, 0.25) is 0 Å². The maximum absolute atomic E-state index is 12.3. The van der Waals surface area contributed by atoms with Gasteiger partial charge in [-0.25, -0.2) is 0 Å². The molecule has 4 nitrogen and oxygen atoms in total. The zero-order valence-electron chi connectivity index (χ0n) is 19.5. The smallest absolute Gasteiger partial charge is 0.133 e. The number of aliphatic hydroxyl groups is 1. The molecular formula is C25H43NO3. The highest BCUT2D eigenvalue weighted by Gasteiger charge is 2.61. The van der Waals surface area contributed by atoms with Crippen molar-refractivity contribution in [3.63, 3.8) is 0 Å². The summed E-state index contributed by atoms with van der Waals surface area (Å²) in [5, 5.41) is 10.9. The molecular weight excluding hydrogens is 362 g/mol. The average Bonchev–Trinajstić information content (AvgIpc) is 3.00. The molecule has 0 spiro atoms. The molecule has 0 aromatic heterocycles. The third-order valence-electron chi connectivity index (χ3n) is 10.3. The summed E-state index contributed by atoms with van der Waals surface area (Å²) in [4.78, 5) is 14.4. The minimum atomic E-state index is -0.338. The zero-order chi connectivity index (χ0) is 21.1. The summed E-state index contributed by atoms with van der Waals surface area (Å²) < 4.78 is 6.35. The molecule has 1 N–H and O–H groups in total. The standard InChI is InChI=1S/C25H43NO3/c1-15(27)19-9-10-20-18-8-7-17-13-22(28)23(29-16(2)26(5)6)14-25(17,4)21(18)11-12-24(19,20)3/h16-23,28H,7-14H2,1-6H3/t16?,17-,18-,19+,20-,21-,22-,23-,24+,25-/m0/s1. The fraction of sp³-hybridized carbons (Fsp3) is 0.960. The van der Waals surface area contributed by atoms with Gasteiger partial charge in [-0.05, 0) is 114 Å². The Morgan fingerprint density at radius 1 is 1.07 bits per heavy atom. The molecule has 4 aliphatic carbocycles. The molecule has 0 heterocycles. The van der Waals surface area contributed by atoms with Crippen LogP contribution in [-0.4, -0.2) is 48.3 Å². The number of Topliss-reactive ketones (excluding diaryl/α,β-unsaturated/α-hetero) is 1. The van der Waals surface area contributed by atoms with Crippen molar-refractivity contribution in [1.82, 2.24) is 4.90 Å². The molecule has 10 atom stereocenters. The van der Waals surface area contributed by atoms with Gasteiger partial charge in [-0.3, -0.25) is 9.69 Å². The van der Waals surface area contributed by atoms with Crippen LogP contribution in [0.1, 0.15) is 79.1 Å². The van der Waals surface area contributed by atoms with Gasteiger partial charge >= 0.3 is 0 Å². The number of hydrogen-bond acceptors (Lipinski definition) is 4. The molecule has 0 saturated heterocycles. The minimum Gasteiger partial charge on any atom is -0.390 e. The van der Waals surface area contributed by atoms with Gasteiger partial charge in [0.15, 0.2) is 0 Å². The summed E-state index contributed by atoms with van der Waals surface area (Å²) >= 11 is 0. The second kappa shape index (κ2) is 7.60. The second-order valence-electron chi connectivity index (χ2n) is 11.7. The molecule has 0 aliphatic heterocycles. The van der Waals surface area contributed by atoms with E-state index in [9.17, 15) is 9.90 Å². The molecule has 4 rings (SSSR count). The van der Waals surface area contributed by atoms with Gasteiger partial charge in [0.05, 0.1) is 12.2 Å². The normalized spacial score (nSPS) is 50.6. The highest BCUT2D eigenvalue weighted by Crippen LogP contribution is 2.67.